The Bertz CT molecular complexity index is 119. The first-order chi connectivity index (χ1) is 4.39. The van der Waals surface area contributed by atoms with Crippen LogP contribution in [-0.2, 0) is 0 Å². The zero-order chi connectivity index (χ0) is 8.36. The number of rotatable bonds is 3. The van der Waals surface area contributed by atoms with Crippen LogP contribution in [0, 0.1) is 5.92 Å². The SMILES string of the molecule is C=C(C)C(CC)C(C)(C)O. The molecule has 10 heavy (non-hydrogen) atoms. The van der Waals surface area contributed by atoms with Crippen LogP contribution in [0.2, 0.25) is 0 Å². The molecular formula is C9H18O. The van der Waals surface area contributed by atoms with Crippen LogP contribution in [0.3, 0.4) is 0 Å². The highest BCUT2D eigenvalue weighted by Gasteiger charge is 2.24. The van der Waals surface area contributed by atoms with Gasteiger partial charge in [0.15, 0.2) is 0 Å². The van der Waals surface area contributed by atoms with Crippen molar-refractivity contribution in [2.45, 2.75) is 39.7 Å². The van der Waals surface area contributed by atoms with Gasteiger partial charge >= 0.3 is 0 Å². The summed E-state index contributed by atoms with van der Waals surface area (Å²) in [6, 6.07) is 0. The van der Waals surface area contributed by atoms with Crippen LogP contribution in [-0.4, -0.2) is 10.7 Å². The van der Waals surface area contributed by atoms with Crippen LogP contribution >= 0.6 is 0 Å². The van der Waals surface area contributed by atoms with Crippen LogP contribution in [0.4, 0.5) is 0 Å². The Morgan fingerprint density at radius 2 is 2.00 bits per heavy atom. The second-order valence-corrected chi connectivity index (χ2v) is 3.46. The second kappa shape index (κ2) is 3.20. The molecule has 1 atom stereocenters. The van der Waals surface area contributed by atoms with Crippen molar-refractivity contribution in [3.05, 3.63) is 12.2 Å². The molecule has 0 aromatic heterocycles. The van der Waals surface area contributed by atoms with E-state index in [2.05, 4.69) is 13.5 Å². The van der Waals surface area contributed by atoms with Crippen molar-refractivity contribution in [2.24, 2.45) is 5.92 Å². The lowest BCUT2D eigenvalue weighted by Gasteiger charge is -2.28. The quantitative estimate of drug-likeness (QED) is 0.600. The molecule has 0 radical (unpaired) electrons. The summed E-state index contributed by atoms with van der Waals surface area (Å²) < 4.78 is 0. The molecule has 0 aliphatic heterocycles. The molecule has 1 heteroatoms. The first-order valence-corrected chi connectivity index (χ1v) is 3.77. The van der Waals surface area contributed by atoms with Crippen LogP contribution in [0.25, 0.3) is 0 Å². The third-order valence-electron chi connectivity index (χ3n) is 1.86. The van der Waals surface area contributed by atoms with E-state index in [1.807, 2.05) is 20.8 Å². The predicted octanol–water partition coefficient (Wildman–Crippen LogP) is 2.36. The van der Waals surface area contributed by atoms with Crippen molar-refractivity contribution in [3.8, 4) is 0 Å². The maximum atomic E-state index is 9.59. The van der Waals surface area contributed by atoms with Gasteiger partial charge in [-0.2, -0.15) is 0 Å². The summed E-state index contributed by atoms with van der Waals surface area (Å²) in [6.07, 6.45) is 0.957. The minimum absolute atomic E-state index is 0.229. The molecule has 0 aromatic rings. The zero-order valence-electron chi connectivity index (χ0n) is 7.44. The van der Waals surface area contributed by atoms with E-state index in [9.17, 15) is 5.11 Å². The molecule has 0 aliphatic carbocycles. The van der Waals surface area contributed by atoms with Crippen molar-refractivity contribution in [1.29, 1.82) is 0 Å². The summed E-state index contributed by atoms with van der Waals surface area (Å²) in [6.45, 7) is 11.5. The van der Waals surface area contributed by atoms with E-state index in [4.69, 9.17) is 0 Å². The second-order valence-electron chi connectivity index (χ2n) is 3.46. The standard InChI is InChI=1S/C9H18O/c1-6-8(7(2)3)9(4,5)10/h8,10H,2,6H2,1,3-5H3. The monoisotopic (exact) mass is 142 g/mol. The summed E-state index contributed by atoms with van der Waals surface area (Å²) in [7, 11) is 0. The summed E-state index contributed by atoms with van der Waals surface area (Å²) in [5.74, 6) is 0.229. The van der Waals surface area contributed by atoms with Gasteiger partial charge in [0, 0.05) is 5.92 Å². The number of hydrogen-bond donors (Lipinski definition) is 1. The molecule has 0 spiro atoms. The molecule has 0 rings (SSSR count). The first-order valence-electron chi connectivity index (χ1n) is 3.77. The van der Waals surface area contributed by atoms with E-state index in [-0.39, 0.29) is 5.92 Å². The van der Waals surface area contributed by atoms with E-state index in [1.165, 1.54) is 0 Å². The normalized spacial score (nSPS) is 14.9. The van der Waals surface area contributed by atoms with E-state index in [0.29, 0.717) is 0 Å². The Balaban J connectivity index is 4.22. The van der Waals surface area contributed by atoms with E-state index in [0.717, 1.165) is 12.0 Å². The van der Waals surface area contributed by atoms with Gasteiger partial charge < -0.3 is 5.11 Å². The zero-order valence-corrected chi connectivity index (χ0v) is 7.44. The van der Waals surface area contributed by atoms with Crippen molar-refractivity contribution < 1.29 is 5.11 Å². The van der Waals surface area contributed by atoms with Crippen LogP contribution in [0.1, 0.15) is 34.1 Å². The molecule has 0 saturated carbocycles. The highest BCUT2D eigenvalue weighted by atomic mass is 16.3. The Hall–Kier alpha value is -0.300. The van der Waals surface area contributed by atoms with Gasteiger partial charge in [-0.25, -0.2) is 0 Å². The molecule has 60 valence electrons. The van der Waals surface area contributed by atoms with Gasteiger partial charge in [0.05, 0.1) is 5.60 Å². The highest BCUT2D eigenvalue weighted by Crippen LogP contribution is 2.25. The van der Waals surface area contributed by atoms with Crippen molar-refractivity contribution >= 4 is 0 Å². The molecule has 1 unspecified atom stereocenters. The average molecular weight is 142 g/mol. The van der Waals surface area contributed by atoms with Crippen LogP contribution in [0.15, 0.2) is 12.2 Å². The van der Waals surface area contributed by atoms with Gasteiger partial charge in [-0.15, -0.1) is 0 Å². The molecule has 0 heterocycles. The lowest BCUT2D eigenvalue weighted by molar-refractivity contribution is 0.0311. The number of aliphatic hydroxyl groups is 1. The largest absolute Gasteiger partial charge is 0.390 e. The Morgan fingerprint density at radius 3 is 2.00 bits per heavy atom. The summed E-state index contributed by atoms with van der Waals surface area (Å²) >= 11 is 0. The maximum absolute atomic E-state index is 9.59. The van der Waals surface area contributed by atoms with Crippen LogP contribution in [0.5, 0.6) is 0 Å². The van der Waals surface area contributed by atoms with Crippen molar-refractivity contribution in [1.82, 2.24) is 0 Å². The van der Waals surface area contributed by atoms with Gasteiger partial charge in [-0.05, 0) is 27.2 Å². The van der Waals surface area contributed by atoms with Crippen LogP contribution < -0.4 is 0 Å². The third kappa shape index (κ3) is 2.53. The van der Waals surface area contributed by atoms with Crippen molar-refractivity contribution in [2.75, 3.05) is 0 Å². The molecule has 0 fully saturated rings. The highest BCUT2D eigenvalue weighted by molar-refractivity contribution is 5.02. The van der Waals surface area contributed by atoms with E-state index in [1.54, 1.807) is 0 Å². The minimum atomic E-state index is -0.611. The van der Waals surface area contributed by atoms with Gasteiger partial charge in [-0.3, -0.25) is 0 Å². The summed E-state index contributed by atoms with van der Waals surface area (Å²) in [4.78, 5) is 0. The smallest absolute Gasteiger partial charge is 0.0656 e. The first kappa shape index (κ1) is 9.70. The van der Waals surface area contributed by atoms with Gasteiger partial charge in [0.25, 0.3) is 0 Å². The molecule has 0 saturated heterocycles. The third-order valence-corrected chi connectivity index (χ3v) is 1.86. The van der Waals surface area contributed by atoms with Gasteiger partial charge in [-0.1, -0.05) is 19.1 Å². The summed E-state index contributed by atoms with van der Waals surface area (Å²) in [5, 5.41) is 9.59. The fourth-order valence-electron chi connectivity index (χ4n) is 1.45. The predicted molar refractivity (Wildman–Crippen MR) is 44.9 cm³/mol. The van der Waals surface area contributed by atoms with Gasteiger partial charge in [0.2, 0.25) is 0 Å². The molecule has 1 nitrogen and oxygen atoms in total. The molecular weight excluding hydrogens is 124 g/mol. The average Bonchev–Trinajstić information content (AvgIpc) is 1.60. The lowest BCUT2D eigenvalue weighted by Crippen LogP contribution is -2.30. The van der Waals surface area contributed by atoms with E-state index >= 15 is 0 Å². The molecule has 0 aromatic carbocycles. The minimum Gasteiger partial charge on any atom is -0.390 e. The van der Waals surface area contributed by atoms with E-state index < -0.39 is 5.60 Å². The van der Waals surface area contributed by atoms with Crippen molar-refractivity contribution in [3.63, 3.8) is 0 Å². The Labute approximate surface area is 63.8 Å². The summed E-state index contributed by atoms with van der Waals surface area (Å²) in [5.41, 5.74) is 0.454. The fourth-order valence-corrected chi connectivity index (χ4v) is 1.45. The lowest BCUT2D eigenvalue weighted by atomic mass is 9.84. The topological polar surface area (TPSA) is 20.2 Å². The Morgan fingerprint density at radius 1 is 1.60 bits per heavy atom. The molecule has 0 bridgehead atoms. The maximum Gasteiger partial charge on any atom is 0.0656 e. The molecule has 0 aliphatic rings. The van der Waals surface area contributed by atoms with Gasteiger partial charge in [0.1, 0.15) is 0 Å². The molecule has 1 N–H and O–H groups in total. The molecule has 0 amide bonds. The Kier molecular flexibility index (Phi) is 3.10. The fraction of sp³-hybridized carbons (Fsp3) is 0.778. The number of hydrogen-bond acceptors (Lipinski definition) is 1.